The van der Waals surface area contributed by atoms with Gasteiger partial charge >= 0.3 is 0 Å². The van der Waals surface area contributed by atoms with Gasteiger partial charge in [0.2, 0.25) is 0 Å². The summed E-state index contributed by atoms with van der Waals surface area (Å²) in [5.74, 6) is 2.57. The Morgan fingerprint density at radius 2 is 2.05 bits per heavy atom. The zero-order chi connectivity index (χ0) is 12.6. The molecule has 3 unspecified atom stereocenters. The predicted molar refractivity (Wildman–Crippen MR) is 73.0 cm³/mol. The minimum Gasteiger partial charge on any atom is -0.384 e. The summed E-state index contributed by atoms with van der Waals surface area (Å²) >= 11 is 0. The molecule has 2 heterocycles. The van der Waals surface area contributed by atoms with Crippen LogP contribution in [0.5, 0.6) is 0 Å². The Balaban J connectivity index is 1.63. The van der Waals surface area contributed by atoms with E-state index >= 15 is 0 Å². The number of para-hydroxylation sites is 1. The Morgan fingerprint density at radius 1 is 1.16 bits per heavy atom. The van der Waals surface area contributed by atoms with Gasteiger partial charge in [0.1, 0.15) is 0 Å². The van der Waals surface area contributed by atoms with Gasteiger partial charge in [0.05, 0.1) is 5.56 Å². The van der Waals surface area contributed by atoms with Crippen LogP contribution in [0.25, 0.3) is 0 Å². The van der Waals surface area contributed by atoms with Crippen molar-refractivity contribution >= 4 is 11.6 Å². The highest BCUT2D eigenvalue weighted by Gasteiger charge is 2.62. The van der Waals surface area contributed by atoms with Crippen molar-refractivity contribution in [3.63, 3.8) is 0 Å². The summed E-state index contributed by atoms with van der Waals surface area (Å²) in [6, 6.07) is 9.09. The lowest BCUT2D eigenvalue weighted by molar-refractivity contribution is 0.0378. The number of hydrogen-bond acceptors (Lipinski definition) is 2. The molecule has 2 aliphatic carbocycles. The average molecular weight is 254 g/mol. The topological polar surface area (TPSA) is 32.3 Å². The van der Waals surface area contributed by atoms with Gasteiger partial charge in [-0.15, -0.1) is 0 Å². The van der Waals surface area contributed by atoms with Gasteiger partial charge in [0.25, 0.3) is 5.91 Å². The number of hydrogen-bond donors (Lipinski definition) is 1. The van der Waals surface area contributed by atoms with Crippen molar-refractivity contribution in [2.45, 2.75) is 31.3 Å². The first kappa shape index (κ1) is 10.3. The highest BCUT2D eigenvalue weighted by molar-refractivity contribution is 6.00. The Bertz CT molecular complexity index is 570. The fourth-order valence-electron chi connectivity index (χ4n) is 4.91. The second kappa shape index (κ2) is 3.33. The maximum absolute atomic E-state index is 12.9. The molecule has 1 amide bonds. The molecule has 3 nitrogen and oxygen atoms in total. The lowest BCUT2D eigenvalue weighted by Crippen LogP contribution is -2.54. The van der Waals surface area contributed by atoms with Crippen LogP contribution in [0.4, 0.5) is 5.69 Å². The SMILES string of the molecule is O=C1c2ccccc2NCC2CC3C4CC[C@@H]4N1[C@@H]23. The highest BCUT2D eigenvalue weighted by atomic mass is 16.2. The Kier molecular flexibility index (Phi) is 1.80. The average Bonchev–Trinajstić information content (AvgIpc) is 2.53. The lowest BCUT2D eigenvalue weighted by atomic mass is 9.62. The molecular weight excluding hydrogens is 236 g/mol. The maximum Gasteiger partial charge on any atom is 0.256 e. The monoisotopic (exact) mass is 254 g/mol. The molecule has 3 heteroatoms. The molecule has 3 fully saturated rings. The van der Waals surface area contributed by atoms with E-state index in [1.165, 1.54) is 19.3 Å². The molecule has 98 valence electrons. The van der Waals surface area contributed by atoms with E-state index < -0.39 is 0 Å². The normalized spacial score (nSPS) is 41.8. The Hall–Kier alpha value is -1.51. The van der Waals surface area contributed by atoms with Crippen LogP contribution in [0, 0.1) is 17.8 Å². The number of anilines is 1. The van der Waals surface area contributed by atoms with E-state index in [1.54, 1.807) is 0 Å². The molecule has 5 atom stereocenters. The molecule has 2 aliphatic heterocycles. The number of nitrogens with one attached hydrogen (secondary N) is 1. The summed E-state index contributed by atoms with van der Waals surface area (Å²) in [6.07, 6.45) is 3.90. The van der Waals surface area contributed by atoms with Gasteiger partial charge in [0.15, 0.2) is 0 Å². The molecule has 0 radical (unpaired) electrons. The number of fused-ring (bicyclic) bond motifs is 4. The van der Waals surface area contributed by atoms with Gasteiger partial charge in [-0.2, -0.15) is 0 Å². The third-order valence-electron chi connectivity index (χ3n) is 5.96. The van der Waals surface area contributed by atoms with Crippen LogP contribution in [0.15, 0.2) is 24.3 Å². The summed E-state index contributed by atoms with van der Waals surface area (Å²) in [5.41, 5.74) is 1.90. The van der Waals surface area contributed by atoms with Crippen molar-refractivity contribution in [3.8, 4) is 0 Å². The molecule has 0 spiro atoms. The largest absolute Gasteiger partial charge is 0.384 e. The van der Waals surface area contributed by atoms with Crippen molar-refractivity contribution < 1.29 is 4.79 Å². The lowest BCUT2D eigenvalue weighted by Gasteiger charge is -2.46. The number of carbonyl (C=O) groups is 1. The standard InChI is InChI=1S/C16H18N2O/c19-16-11-3-1-2-4-13(11)17-8-9-7-12-10-5-6-14(10)18(16)15(9)12/h1-4,9-10,12,14-15,17H,5-8H2/t9?,10?,12?,14-,15-/m0/s1. The second-order valence-electron chi connectivity index (χ2n) is 6.60. The van der Waals surface area contributed by atoms with Gasteiger partial charge in [0, 0.05) is 24.3 Å². The van der Waals surface area contributed by atoms with E-state index in [0.717, 1.165) is 29.6 Å². The summed E-state index contributed by atoms with van der Waals surface area (Å²) in [7, 11) is 0. The molecule has 4 aliphatic rings. The molecule has 1 saturated heterocycles. The summed E-state index contributed by atoms with van der Waals surface area (Å²) in [6.45, 7) is 1.03. The fourth-order valence-corrected chi connectivity index (χ4v) is 4.91. The number of amides is 1. The first-order valence-corrected chi connectivity index (χ1v) is 7.50. The van der Waals surface area contributed by atoms with Crippen LogP contribution in [0.1, 0.15) is 29.6 Å². The van der Waals surface area contributed by atoms with Gasteiger partial charge in [-0.05, 0) is 49.1 Å². The predicted octanol–water partition coefficient (Wildman–Crippen LogP) is 2.35. The van der Waals surface area contributed by atoms with E-state index in [4.69, 9.17) is 0 Å². The minimum atomic E-state index is 0.273. The van der Waals surface area contributed by atoms with Crippen molar-refractivity contribution in [1.82, 2.24) is 4.90 Å². The number of rotatable bonds is 0. The number of carbonyl (C=O) groups excluding carboxylic acids is 1. The van der Waals surface area contributed by atoms with Gasteiger partial charge < -0.3 is 10.2 Å². The van der Waals surface area contributed by atoms with Crippen molar-refractivity contribution in [2.24, 2.45) is 17.8 Å². The molecule has 1 aromatic rings. The third-order valence-corrected chi connectivity index (χ3v) is 5.96. The van der Waals surface area contributed by atoms with Crippen molar-refractivity contribution in [3.05, 3.63) is 29.8 Å². The molecule has 0 aromatic heterocycles. The summed E-state index contributed by atoms with van der Waals surface area (Å²) in [4.78, 5) is 15.2. The first-order chi connectivity index (χ1) is 9.34. The van der Waals surface area contributed by atoms with Crippen LogP contribution in [0.2, 0.25) is 0 Å². The maximum atomic E-state index is 12.9. The smallest absolute Gasteiger partial charge is 0.256 e. The molecule has 0 bridgehead atoms. The number of benzene rings is 1. The Morgan fingerprint density at radius 3 is 2.89 bits per heavy atom. The second-order valence-corrected chi connectivity index (χ2v) is 6.60. The van der Waals surface area contributed by atoms with Gasteiger partial charge in [-0.1, -0.05) is 12.1 Å². The molecule has 1 N–H and O–H groups in total. The van der Waals surface area contributed by atoms with E-state index in [0.29, 0.717) is 18.0 Å². The number of nitrogens with zero attached hydrogens (tertiary/aromatic N) is 1. The van der Waals surface area contributed by atoms with Crippen LogP contribution >= 0.6 is 0 Å². The van der Waals surface area contributed by atoms with E-state index in [-0.39, 0.29) is 5.91 Å². The van der Waals surface area contributed by atoms with Crippen molar-refractivity contribution in [1.29, 1.82) is 0 Å². The highest BCUT2D eigenvalue weighted by Crippen LogP contribution is 2.58. The summed E-state index contributed by atoms with van der Waals surface area (Å²) in [5, 5.41) is 3.50. The van der Waals surface area contributed by atoms with Crippen LogP contribution in [-0.4, -0.2) is 29.4 Å². The molecule has 19 heavy (non-hydrogen) atoms. The third kappa shape index (κ3) is 1.12. The molecular formula is C16H18N2O. The summed E-state index contributed by atoms with van der Waals surface area (Å²) < 4.78 is 0. The first-order valence-electron chi connectivity index (χ1n) is 7.50. The van der Waals surface area contributed by atoms with Crippen LogP contribution < -0.4 is 5.32 Å². The van der Waals surface area contributed by atoms with Crippen LogP contribution in [-0.2, 0) is 0 Å². The fraction of sp³-hybridized carbons (Fsp3) is 0.562. The van der Waals surface area contributed by atoms with Crippen LogP contribution in [0.3, 0.4) is 0 Å². The van der Waals surface area contributed by atoms with E-state index in [2.05, 4.69) is 10.2 Å². The quantitative estimate of drug-likeness (QED) is 0.771. The molecule has 5 rings (SSSR count). The molecule has 2 saturated carbocycles. The Labute approximate surface area is 113 Å². The molecule has 1 aromatic carbocycles. The van der Waals surface area contributed by atoms with E-state index in [9.17, 15) is 4.79 Å². The zero-order valence-electron chi connectivity index (χ0n) is 10.9. The minimum absolute atomic E-state index is 0.273. The van der Waals surface area contributed by atoms with E-state index in [1.807, 2.05) is 24.3 Å². The van der Waals surface area contributed by atoms with Crippen molar-refractivity contribution in [2.75, 3.05) is 11.9 Å². The van der Waals surface area contributed by atoms with Gasteiger partial charge in [-0.25, -0.2) is 0 Å². The van der Waals surface area contributed by atoms with Gasteiger partial charge in [-0.3, -0.25) is 4.79 Å². The zero-order valence-corrected chi connectivity index (χ0v) is 10.9.